The second-order valence-corrected chi connectivity index (χ2v) is 6.26. The maximum absolute atomic E-state index is 4.34. The van der Waals surface area contributed by atoms with Crippen molar-refractivity contribution in [1.29, 1.82) is 0 Å². The number of halogens is 1. The summed E-state index contributed by atoms with van der Waals surface area (Å²) < 4.78 is 0. The molecule has 5 heteroatoms. The number of nitrogens with zero attached hydrogens (tertiary/aromatic N) is 2. The average molecular weight is 410 g/mol. The standard InChI is InChI=1S/C16H34N4.HI/c1-5-6-7-9-14(2)19-16(17-3)18-12-15-10-8-11-20(4)13-15;/h14-15H,5-13H2,1-4H3,(H2,17,18,19);1H. The van der Waals surface area contributed by atoms with Crippen LogP contribution < -0.4 is 10.6 Å². The molecule has 0 aromatic carbocycles. The molecule has 1 aliphatic rings. The molecule has 0 spiro atoms. The quantitative estimate of drug-likeness (QED) is 0.293. The van der Waals surface area contributed by atoms with Crippen molar-refractivity contribution in [1.82, 2.24) is 15.5 Å². The van der Waals surface area contributed by atoms with Gasteiger partial charge in [0.15, 0.2) is 5.96 Å². The van der Waals surface area contributed by atoms with E-state index in [0.29, 0.717) is 6.04 Å². The number of hydrogen-bond donors (Lipinski definition) is 2. The number of unbranched alkanes of at least 4 members (excludes halogenated alkanes) is 2. The number of hydrogen-bond acceptors (Lipinski definition) is 2. The van der Waals surface area contributed by atoms with Crippen LogP contribution in [0.5, 0.6) is 0 Å². The van der Waals surface area contributed by atoms with Crippen LogP contribution in [-0.2, 0) is 0 Å². The zero-order chi connectivity index (χ0) is 14.8. The molecule has 1 heterocycles. The Morgan fingerprint density at radius 3 is 2.76 bits per heavy atom. The van der Waals surface area contributed by atoms with Gasteiger partial charge >= 0.3 is 0 Å². The third kappa shape index (κ3) is 9.55. The summed E-state index contributed by atoms with van der Waals surface area (Å²) in [5, 5.41) is 6.99. The fourth-order valence-corrected chi connectivity index (χ4v) is 2.88. The van der Waals surface area contributed by atoms with Crippen LogP contribution in [-0.4, -0.2) is 50.6 Å². The van der Waals surface area contributed by atoms with Gasteiger partial charge < -0.3 is 15.5 Å². The van der Waals surface area contributed by atoms with Crippen LogP contribution in [0.15, 0.2) is 4.99 Å². The SMILES string of the molecule is CCCCCC(C)NC(=NC)NCC1CCCN(C)C1.I. The summed E-state index contributed by atoms with van der Waals surface area (Å²) in [6.45, 7) is 7.98. The smallest absolute Gasteiger partial charge is 0.191 e. The predicted molar refractivity (Wildman–Crippen MR) is 104 cm³/mol. The lowest BCUT2D eigenvalue weighted by molar-refractivity contribution is 0.210. The molecule has 4 nitrogen and oxygen atoms in total. The lowest BCUT2D eigenvalue weighted by Crippen LogP contribution is -2.46. The van der Waals surface area contributed by atoms with Crippen LogP contribution in [0.3, 0.4) is 0 Å². The van der Waals surface area contributed by atoms with Crippen molar-refractivity contribution in [2.24, 2.45) is 10.9 Å². The minimum Gasteiger partial charge on any atom is -0.356 e. The second-order valence-electron chi connectivity index (χ2n) is 6.26. The van der Waals surface area contributed by atoms with Crippen molar-refractivity contribution in [3.8, 4) is 0 Å². The van der Waals surface area contributed by atoms with Crippen LogP contribution in [0.25, 0.3) is 0 Å². The fourth-order valence-electron chi connectivity index (χ4n) is 2.88. The maximum Gasteiger partial charge on any atom is 0.191 e. The van der Waals surface area contributed by atoms with E-state index in [9.17, 15) is 0 Å². The first-order valence-corrected chi connectivity index (χ1v) is 8.31. The number of nitrogens with one attached hydrogen (secondary N) is 2. The number of aliphatic imine (C=N–C) groups is 1. The van der Waals surface area contributed by atoms with E-state index in [1.165, 1.54) is 51.6 Å². The van der Waals surface area contributed by atoms with E-state index in [0.717, 1.165) is 18.4 Å². The Morgan fingerprint density at radius 1 is 1.38 bits per heavy atom. The van der Waals surface area contributed by atoms with Gasteiger partial charge in [-0.05, 0) is 45.7 Å². The number of rotatable bonds is 7. The number of guanidine groups is 1. The van der Waals surface area contributed by atoms with E-state index in [1.54, 1.807) is 0 Å². The average Bonchev–Trinajstić information content (AvgIpc) is 2.44. The van der Waals surface area contributed by atoms with E-state index >= 15 is 0 Å². The van der Waals surface area contributed by atoms with Gasteiger partial charge in [-0.2, -0.15) is 0 Å². The second kappa shape index (κ2) is 12.5. The molecule has 1 rings (SSSR count). The van der Waals surface area contributed by atoms with Crippen LogP contribution in [0, 0.1) is 5.92 Å². The van der Waals surface area contributed by atoms with Gasteiger partial charge in [0.25, 0.3) is 0 Å². The third-order valence-corrected chi connectivity index (χ3v) is 4.13. The van der Waals surface area contributed by atoms with Gasteiger partial charge in [-0.1, -0.05) is 26.2 Å². The molecule has 1 fully saturated rings. The molecule has 0 aromatic heterocycles. The van der Waals surface area contributed by atoms with Crippen molar-refractivity contribution in [3.05, 3.63) is 0 Å². The molecule has 1 saturated heterocycles. The Morgan fingerprint density at radius 2 is 2.14 bits per heavy atom. The summed E-state index contributed by atoms with van der Waals surface area (Å²) in [6, 6.07) is 0.502. The zero-order valence-corrected chi connectivity index (χ0v) is 16.7. The van der Waals surface area contributed by atoms with Crippen LogP contribution >= 0.6 is 24.0 Å². The van der Waals surface area contributed by atoms with E-state index in [4.69, 9.17) is 0 Å². The van der Waals surface area contributed by atoms with Gasteiger partial charge in [0, 0.05) is 26.2 Å². The van der Waals surface area contributed by atoms with Crippen LogP contribution in [0.4, 0.5) is 0 Å². The van der Waals surface area contributed by atoms with Gasteiger partial charge in [0.05, 0.1) is 0 Å². The van der Waals surface area contributed by atoms with Gasteiger partial charge in [0.2, 0.25) is 0 Å². The summed E-state index contributed by atoms with van der Waals surface area (Å²) in [6.07, 6.45) is 7.79. The van der Waals surface area contributed by atoms with Crippen molar-refractivity contribution in [2.75, 3.05) is 33.7 Å². The molecule has 0 radical (unpaired) electrons. The van der Waals surface area contributed by atoms with Crippen molar-refractivity contribution in [2.45, 2.75) is 58.4 Å². The zero-order valence-electron chi connectivity index (χ0n) is 14.3. The minimum atomic E-state index is 0. The third-order valence-electron chi connectivity index (χ3n) is 4.13. The minimum absolute atomic E-state index is 0. The Balaban J connectivity index is 0.00000400. The topological polar surface area (TPSA) is 39.7 Å². The van der Waals surface area contributed by atoms with E-state index in [2.05, 4.69) is 41.4 Å². The molecule has 2 unspecified atom stereocenters. The largest absolute Gasteiger partial charge is 0.356 e. The molecule has 0 saturated carbocycles. The summed E-state index contributed by atoms with van der Waals surface area (Å²) in [5.74, 6) is 1.71. The lowest BCUT2D eigenvalue weighted by atomic mass is 9.98. The lowest BCUT2D eigenvalue weighted by Gasteiger charge is -2.30. The maximum atomic E-state index is 4.34. The Hall–Kier alpha value is -0.0400. The molecule has 0 bridgehead atoms. The fraction of sp³-hybridized carbons (Fsp3) is 0.938. The molecule has 2 atom stereocenters. The molecular weight excluding hydrogens is 375 g/mol. The van der Waals surface area contributed by atoms with Gasteiger partial charge in [-0.25, -0.2) is 0 Å². The molecule has 21 heavy (non-hydrogen) atoms. The molecule has 0 amide bonds. The highest BCUT2D eigenvalue weighted by molar-refractivity contribution is 14.0. The van der Waals surface area contributed by atoms with Crippen molar-refractivity contribution in [3.63, 3.8) is 0 Å². The predicted octanol–water partition coefficient (Wildman–Crippen LogP) is 3.08. The normalized spacial score (nSPS) is 21.5. The summed E-state index contributed by atoms with van der Waals surface area (Å²) in [7, 11) is 4.08. The molecule has 0 aromatic rings. The molecule has 2 N–H and O–H groups in total. The molecule has 0 aliphatic carbocycles. The summed E-state index contributed by atoms with van der Waals surface area (Å²) in [5.41, 5.74) is 0. The first-order valence-electron chi connectivity index (χ1n) is 8.31. The van der Waals surface area contributed by atoms with E-state index < -0.39 is 0 Å². The van der Waals surface area contributed by atoms with Crippen LogP contribution in [0.1, 0.15) is 52.4 Å². The highest BCUT2D eigenvalue weighted by atomic mass is 127. The highest BCUT2D eigenvalue weighted by Crippen LogP contribution is 2.13. The van der Waals surface area contributed by atoms with Gasteiger partial charge in [0.1, 0.15) is 0 Å². The molecule has 1 aliphatic heterocycles. The Kier molecular flexibility index (Phi) is 12.5. The summed E-state index contributed by atoms with van der Waals surface area (Å²) in [4.78, 5) is 6.77. The monoisotopic (exact) mass is 410 g/mol. The molecule has 126 valence electrons. The molecular formula is C16H35IN4. The van der Waals surface area contributed by atoms with Crippen molar-refractivity contribution >= 4 is 29.9 Å². The summed E-state index contributed by atoms with van der Waals surface area (Å²) >= 11 is 0. The first kappa shape index (κ1) is 21.0. The van der Waals surface area contributed by atoms with E-state index in [-0.39, 0.29) is 24.0 Å². The van der Waals surface area contributed by atoms with Gasteiger partial charge in [-0.3, -0.25) is 4.99 Å². The number of piperidine rings is 1. The van der Waals surface area contributed by atoms with E-state index in [1.807, 2.05) is 7.05 Å². The number of likely N-dealkylation sites (tertiary alicyclic amines) is 1. The first-order chi connectivity index (χ1) is 9.65. The van der Waals surface area contributed by atoms with Crippen molar-refractivity contribution < 1.29 is 0 Å². The Bertz CT molecular complexity index is 283. The van der Waals surface area contributed by atoms with Gasteiger partial charge in [-0.15, -0.1) is 24.0 Å². The highest BCUT2D eigenvalue weighted by Gasteiger charge is 2.17. The Labute approximate surface area is 148 Å². The van der Waals surface area contributed by atoms with Crippen LogP contribution in [0.2, 0.25) is 0 Å².